The Morgan fingerprint density at radius 2 is 2.00 bits per heavy atom. The number of amides is 1. The molecule has 0 bridgehead atoms. The maximum Gasteiger partial charge on any atom is 0.270 e. The summed E-state index contributed by atoms with van der Waals surface area (Å²) in [5.41, 5.74) is 0.0802. The molecule has 2 aromatic carbocycles. The highest BCUT2D eigenvalue weighted by Crippen LogP contribution is 2.34. The molecule has 1 amide bonds. The third-order valence-corrected chi connectivity index (χ3v) is 4.69. The van der Waals surface area contributed by atoms with Crippen molar-refractivity contribution in [3.8, 4) is 17.6 Å². The van der Waals surface area contributed by atoms with E-state index in [-0.39, 0.29) is 28.6 Å². The summed E-state index contributed by atoms with van der Waals surface area (Å²) in [5.74, 6) is 1.13. The highest BCUT2D eigenvalue weighted by Gasteiger charge is 2.14. The van der Waals surface area contributed by atoms with Crippen LogP contribution in [-0.4, -0.2) is 29.8 Å². The zero-order valence-corrected chi connectivity index (χ0v) is 15.0. The van der Waals surface area contributed by atoms with E-state index in [9.17, 15) is 14.9 Å². The van der Waals surface area contributed by atoms with Crippen LogP contribution in [0.3, 0.4) is 0 Å². The molecular weight excluding hydrogens is 370 g/mol. The minimum absolute atomic E-state index is 0.0399. The Bertz CT molecular complexity index is 926. The van der Waals surface area contributed by atoms with E-state index in [1.807, 2.05) is 24.3 Å². The number of anilines is 1. The van der Waals surface area contributed by atoms with Crippen molar-refractivity contribution in [1.82, 2.24) is 0 Å². The van der Waals surface area contributed by atoms with Crippen LogP contribution in [0.15, 0.2) is 41.3 Å². The molecule has 2 aromatic rings. The Morgan fingerprint density at radius 3 is 2.74 bits per heavy atom. The van der Waals surface area contributed by atoms with E-state index < -0.39 is 4.92 Å². The molecule has 0 radical (unpaired) electrons. The second-order valence-electron chi connectivity index (χ2n) is 5.59. The van der Waals surface area contributed by atoms with Gasteiger partial charge in [0.25, 0.3) is 5.69 Å². The molecule has 0 unspecified atom stereocenters. The van der Waals surface area contributed by atoms with E-state index in [1.165, 1.54) is 23.9 Å². The number of nitro groups is 1. The lowest BCUT2D eigenvalue weighted by Crippen LogP contribution is -2.15. The van der Waals surface area contributed by atoms with Crippen molar-refractivity contribution in [3.05, 3.63) is 52.1 Å². The zero-order chi connectivity index (χ0) is 19.2. The number of non-ortho nitro benzene ring substituents is 1. The van der Waals surface area contributed by atoms with Crippen LogP contribution in [0.1, 0.15) is 12.0 Å². The SMILES string of the molecule is N#Cc1cc([N+](=O)[O-])ccc1NC(=O)CSc1ccc2c(c1)OCCCO2. The molecule has 138 valence electrons. The first kappa shape index (κ1) is 18.5. The highest BCUT2D eigenvalue weighted by atomic mass is 32.2. The summed E-state index contributed by atoms with van der Waals surface area (Å²) in [6, 6.07) is 11.1. The van der Waals surface area contributed by atoms with Gasteiger partial charge < -0.3 is 14.8 Å². The van der Waals surface area contributed by atoms with Crippen molar-refractivity contribution >= 4 is 29.0 Å². The molecule has 0 saturated heterocycles. The van der Waals surface area contributed by atoms with E-state index in [0.717, 1.165) is 17.4 Å². The predicted octanol–water partition coefficient (Wildman–Crippen LogP) is 3.36. The van der Waals surface area contributed by atoms with Gasteiger partial charge in [-0.1, -0.05) is 0 Å². The number of carbonyl (C=O) groups excluding carboxylic acids is 1. The summed E-state index contributed by atoms with van der Waals surface area (Å²) >= 11 is 1.31. The van der Waals surface area contributed by atoms with Crippen molar-refractivity contribution in [2.24, 2.45) is 0 Å². The molecule has 0 aliphatic carbocycles. The van der Waals surface area contributed by atoms with Crippen LogP contribution in [-0.2, 0) is 4.79 Å². The number of thioether (sulfide) groups is 1. The van der Waals surface area contributed by atoms with Crippen LogP contribution >= 0.6 is 11.8 Å². The predicted molar refractivity (Wildman–Crippen MR) is 99.2 cm³/mol. The summed E-state index contributed by atoms with van der Waals surface area (Å²) in [5, 5.41) is 22.5. The van der Waals surface area contributed by atoms with E-state index in [2.05, 4.69) is 5.32 Å². The molecule has 1 aliphatic rings. The van der Waals surface area contributed by atoms with E-state index >= 15 is 0 Å². The number of nitriles is 1. The van der Waals surface area contributed by atoms with Gasteiger partial charge in [0.05, 0.1) is 35.1 Å². The second kappa shape index (κ2) is 8.42. The van der Waals surface area contributed by atoms with Gasteiger partial charge in [-0.3, -0.25) is 14.9 Å². The number of hydrogen-bond donors (Lipinski definition) is 1. The number of ether oxygens (including phenoxy) is 2. The molecule has 1 aliphatic heterocycles. The first-order chi connectivity index (χ1) is 13.1. The monoisotopic (exact) mass is 385 g/mol. The summed E-state index contributed by atoms with van der Waals surface area (Å²) in [6.45, 7) is 1.19. The van der Waals surface area contributed by atoms with Gasteiger partial charge in [0.2, 0.25) is 5.91 Å². The fourth-order valence-electron chi connectivity index (χ4n) is 2.42. The van der Waals surface area contributed by atoms with Crippen LogP contribution in [0.4, 0.5) is 11.4 Å². The lowest BCUT2D eigenvalue weighted by atomic mass is 10.1. The molecule has 0 aromatic heterocycles. The Morgan fingerprint density at radius 1 is 1.22 bits per heavy atom. The second-order valence-corrected chi connectivity index (χ2v) is 6.64. The molecule has 0 fully saturated rings. The van der Waals surface area contributed by atoms with E-state index in [0.29, 0.717) is 24.7 Å². The van der Waals surface area contributed by atoms with Crippen LogP contribution in [0.2, 0.25) is 0 Å². The fourth-order valence-corrected chi connectivity index (χ4v) is 3.14. The number of hydrogen-bond acceptors (Lipinski definition) is 7. The van der Waals surface area contributed by atoms with Crippen LogP contribution < -0.4 is 14.8 Å². The standard InChI is InChI=1S/C18H15N3O5S/c19-10-12-8-13(21(23)24)2-4-15(12)20-18(22)11-27-14-3-5-16-17(9-14)26-7-1-6-25-16/h2-5,8-9H,1,6-7,11H2,(H,20,22). The lowest BCUT2D eigenvalue weighted by Gasteiger charge is -2.10. The number of benzene rings is 2. The van der Waals surface area contributed by atoms with E-state index in [1.54, 1.807) is 0 Å². The van der Waals surface area contributed by atoms with Gasteiger partial charge in [0, 0.05) is 23.4 Å². The summed E-state index contributed by atoms with van der Waals surface area (Å²) < 4.78 is 11.2. The molecule has 3 rings (SSSR count). The average Bonchev–Trinajstić information content (AvgIpc) is 2.91. The molecule has 0 spiro atoms. The van der Waals surface area contributed by atoms with Gasteiger partial charge in [-0.25, -0.2) is 0 Å². The molecule has 1 N–H and O–H groups in total. The van der Waals surface area contributed by atoms with Gasteiger partial charge in [-0.2, -0.15) is 5.26 Å². The molecule has 0 saturated carbocycles. The van der Waals surface area contributed by atoms with Gasteiger partial charge in [0.15, 0.2) is 11.5 Å². The Hall–Kier alpha value is -3.25. The van der Waals surface area contributed by atoms with Crippen LogP contribution in [0.5, 0.6) is 11.5 Å². The minimum Gasteiger partial charge on any atom is -0.490 e. The number of nitrogens with one attached hydrogen (secondary N) is 1. The number of nitrogens with zero attached hydrogens (tertiary/aromatic N) is 2. The number of rotatable bonds is 5. The molecule has 27 heavy (non-hydrogen) atoms. The molecule has 1 heterocycles. The van der Waals surface area contributed by atoms with Gasteiger partial charge in [-0.15, -0.1) is 11.8 Å². The minimum atomic E-state index is -0.591. The van der Waals surface area contributed by atoms with Crippen molar-refractivity contribution in [2.75, 3.05) is 24.3 Å². The highest BCUT2D eigenvalue weighted by molar-refractivity contribution is 8.00. The van der Waals surface area contributed by atoms with Gasteiger partial charge >= 0.3 is 0 Å². The maximum atomic E-state index is 12.2. The van der Waals surface area contributed by atoms with Crippen molar-refractivity contribution in [2.45, 2.75) is 11.3 Å². The normalized spacial score (nSPS) is 12.6. The molecule has 0 atom stereocenters. The summed E-state index contributed by atoms with van der Waals surface area (Å²) in [6.07, 6.45) is 0.816. The lowest BCUT2D eigenvalue weighted by molar-refractivity contribution is -0.384. The third kappa shape index (κ3) is 4.68. The fraction of sp³-hybridized carbons (Fsp3) is 0.222. The molecule has 8 nitrogen and oxygen atoms in total. The average molecular weight is 385 g/mol. The largest absolute Gasteiger partial charge is 0.490 e. The van der Waals surface area contributed by atoms with Crippen molar-refractivity contribution < 1.29 is 19.2 Å². The quantitative estimate of drug-likeness (QED) is 0.477. The third-order valence-electron chi connectivity index (χ3n) is 3.70. The summed E-state index contributed by atoms with van der Waals surface area (Å²) in [7, 11) is 0. The smallest absolute Gasteiger partial charge is 0.270 e. The first-order valence-electron chi connectivity index (χ1n) is 8.07. The van der Waals surface area contributed by atoms with Crippen LogP contribution in [0, 0.1) is 21.4 Å². The van der Waals surface area contributed by atoms with Crippen molar-refractivity contribution in [3.63, 3.8) is 0 Å². The topological polar surface area (TPSA) is 114 Å². The van der Waals surface area contributed by atoms with Crippen molar-refractivity contribution in [1.29, 1.82) is 5.26 Å². The van der Waals surface area contributed by atoms with Crippen LogP contribution in [0.25, 0.3) is 0 Å². The van der Waals surface area contributed by atoms with E-state index in [4.69, 9.17) is 14.7 Å². The zero-order valence-electron chi connectivity index (χ0n) is 14.1. The first-order valence-corrected chi connectivity index (χ1v) is 9.06. The Kier molecular flexibility index (Phi) is 5.78. The number of fused-ring (bicyclic) bond motifs is 1. The Balaban J connectivity index is 1.63. The maximum absolute atomic E-state index is 12.2. The number of carbonyl (C=O) groups is 1. The molecular formula is C18H15N3O5S. The van der Waals surface area contributed by atoms with Gasteiger partial charge in [-0.05, 0) is 24.3 Å². The van der Waals surface area contributed by atoms with Gasteiger partial charge in [0.1, 0.15) is 6.07 Å². The Labute approximate surface area is 159 Å². The molecule has 9 heteroatoms. The summed E-state index contributed by atoms with van der Waals surface area (Å²) in [4.78, 5) is 23.2. The number of nitro benzene ring substituents is 1.